The second-order valence-electron chi connectivity index (χ2n) is 6.26. The molecule has 1 aromatic heterocycles. The largest absolute Gasteiger partial charge is 0.481 e. The molecule has 6 nitrogen and oxygen atoms in total. The van der Waals surface area contributed by atoms with E-state index < -0.39 is 5.97 Å². The lowest BCUT2D eigenvalue weighted by atomic mass is 10.0. The van der Waals surface area contributed by atoms with Gasteiger partial charge >= 0.3 is 5.97 Å². The maximum Gasteiger partial charge on any atom is 0.303 e. The minimum atomic E-state index is -0.926. The molecule has 0 atom stereocenters. The number of hydrogen-bond acceptors (Lipinski definition) is 4. The lowest BCUT2D eigenvalue weighted by Crippen LogP contribution is -2.26. The third-order valence-electron chi connectivity index (χ3n) is 4.06. The molecular formula is C19H20N2O4S. The fourth-order valence-corrected chi connectivity index (χ4v) is 3.56. The summed E-state index contributed by atoms with van der Waals surface area (Å²) < 4.78 is 0. The van der Waals surface area contributed by atoms with Crippen molar-refractivity contribution in [2.24, 2.45) is 0 Å². The van der Waals surface area contributed by atoms with Gasteiger partial charge in [-0.15, -0.1) is 11.3 Å². The predicted molar refractivity (Wildman–Crippen MR) is 100 cm³/mol. The van der Waals surface area contributed by atoms with Gasteiger partial charge in [0.05, 0.1) is 5.56 Å². The van der Waals surface area contributed by atoms with Gasteiger partial charge in [-0.25, -0.2) is 0 Å². The molecule has 3 rings (SSSR count). The van der Waals surface area contributed by atoms with Crippen LogP contribution >= 0.6 is 11.3 Å². The molecule has 0 radical (unpaired) electrons. The fourth-order valence-electron chi connectivity index (χ4n) is 2.58. The number of carboxylic acids is 1. The molecule has 3 N–H and O–H groups in total. The Bertz CT molecular complexity index is 812. The third-order valence-corrected chi connectivity index (χ3v) is 4.96. The Morgan fingerprint density at radius 1 is 1.12 bits per heavy atom. The first kappa shape index (κ1) is 18.1. The van der Waals surface area contributed by atoms with E-state index in [1.54, 1.807) is 0 Å². The lowest BCUT2D eigenvalue weighted by molar-refractivity contribution is -0.137. The molecule has 0 unspecified atom stereocenters. The van der Waals surface area contributed by atoms with Gasteiger partial charge in [0.25, 0.3) is 5.91 Å². The van der Waals surface area contributed by atoms with E-state index in [-0.39, 0.29) is 37.1 Å². The molecule has 1 aromatic carbocycles. The predicted octanol–water partition coefficient (Wildman–Crippen LogP) is 3.50. The van der Waals surface area contributed by atoms with Crippen LogP contribution < -0.4 is 10.6 Å². The van der Waals surface area contributed by atoms with E-state index in [1.807, 2.05) is 35.7 Å². The van der Waals surface area contributed by atoms with Crippen LogP contribution in [0.5, 0.6) is 0 Å². The number of carbonyl (C=O) groups excluding carboxylic acids is 2. The molecule has 7 heteroatoms. The van der Waals surface area contributed by atoms with Gasteiger partial charge in [0, 0.05) is 29.8 Å². The molecular weight excluding hydrogens is 352 g/mol. The Morgan fingerprint density at radius 2 is 1.85 bits per heavy atom. The number of hydrogen-bond donors (Lipinski definition) is 3. The van der Waals surface area contributed by atoms with Gasteiger partial charge in [-0.05, 0) is 24.8 Å². The molecule has 2 amide bonds. The van der Waals surface area contributed by atoms with Crippen LogP contribution in [0, 0.1) is 0 Å². The van der Waals surface area contributed by atoms with Gasteiger partial charge in [-0.3, -0.25) is 14.4 Å². The van der Waals surface area contributed by atoms with Crippen LogP contribution in [0.4, 0.5) is 5.00 Å². The van der Waals surface area contributed by atoms with Crippen molar-refractivity contribution in [2.75, 3.05) is 5.32 Å². The van der Waals surface area contributed by atoms with E-state index in [0.717, 1.165) is 24.0 Å². The first-order valence-electron chi connectivity index (χ1n) is 8.54. The molecule has 0 spiro atoms. The standard InChI is InChI=1S/C19H20N2O4S/c22-15(7-4-8-16(23)24)21-19-17(18(25)20-13-9-10-13)14(11-26-19)12-5-2-1-3-6-12/h1-3,5-6,11,13H,4,7-10H2,(H,20,25)(H,21,22)(H,23,24). The molecule has 1 aliphatic rings. The summed E-state index contributed by atoms with van der Waals surface area (Å²) in [5, 5.41) is 16.8. The maximum absolute atomic E-state index is 12.7. The summed E-state index contributed by atoms with van der Waals surface area (Å²) in [5.41, 5.74) is 2.17. The molecule has 1 fully saturated rings. The zero-order chi connectivity index (χ0) is 18.5. The zero-order valence-electron chi connectivity index (χ0n) is 14.2. The summed E-state index contributed by atoms with van der Waals surface area (Å²) in [6.07, 6.45) is 2.28. The number of thiophene rings is 1. The highest BCUT2D eigenvalue weighted by molar-refractivity contribution is 7.15. The van der Waals surface area contributed by atoms with Crippen molar-refractivity contribution in [1.82, 2.24) is 5.32 Å². The molecule has 0 saturated heterocycles. The second-order valence-corrected chi connectivity index (χ2v) is 7.14. The number of carbonyl (C=O) groups is 3. The monoisotopic (exact) mass is 372 g/mol. The van der Waals surface area contributed by atoms with E-state index in [0.29, 0.717) is 10.6 Å². The molecule has 0 aliphatic heterocycles. The average molecular weight is 372 g/mol. The summed E-state index contributed by atoms with van der Waals surface area (Å²) in [5.74, 6) is -1.40. The van der Waals surface area contributed by atoms with E-state index in [9.17, 15) is 14.4 Å². The lowest BCUT2D eigenvalue weighted by Gasteiger charge is -2.09. The number of benzene rings is 1. The van der Waals surface area contributed by atoms with Gasteiger partial charge in [-0.2, -0.15) is 0 Å². The number of anilines is 1. The highest BCUT2D eigenvalue weighted by atomic mass is 32.1. The summed E-state index contributed by atoms with van der Waals surface area (Å²) in [7, 11) is 0. The van der Waals surface area contributed by atoms with Gasteiger partial charge in [0.15, 0.2) is 0 Å². The van der Waals surface area contributed by atoms with Crippen molar-refractivity contribution in [2.45, 2.75) is 38.1 Å². The number of nitrogens with one attached hydrogen (secondary N) is 2. The van der Waals surface area contributed by atoms with E-state index >= 15 is 0 Å². The highest BCUT2D eigenvalue weighted by Gasteiger charge is 2.28. The molecule has 1 heterocycles. The number of amides is 2. The second kappa shape index (κ2) is 8.14. The summed E-state index contributed by atoms with van der Waals surface area (Å²) in [4.78, 5) is 35.4. The Labute approximate surface area is 155 Å². The first-order valence-corrected chi connectivity index (χ1v) is 9.42. The van der Waals surface area contributed by atoms with Crippen LogP contribution in [0.3, 0.4) is 0 Å². The molecule has 2 aromatic rings. The van der Waals surface area contributed by atoms with Crippen LogP contribution in [0.2, 0.25) is 0 Å². The fraction of sp³-hybridized carbons (Fsp3) is 0.316. The van der Waals surface area contributed by atoms with Crippen LogP contribution in [0.15, 0.2) is 35.7 Å². The third kappa shape index (κ3) is 4.70. The van der Waals surface area contributed by atoms with Crippen molar-refractivity contribution >= 4 is 34.1 Å². The maximum atomic E-state index is 12.7. The number of carboxylic acid groups (broad SMARTS) is 1. The molecule has 136 valence electrons. The molecule has 1 aliphatic carbocycles. The van der Waals surface area contributed by atoms with E-state index in [2.05, 4.69) is 10.6 Å². The van der Waals surface area contributed by atoms with Crippen LogP contribution in [0.25, 0.3) is 11.1 Å². The average Bonchev–Trinajstić information content (AvgIpc) is 3.32. The quantitative estimate of drug-likeness (QED) is 0.661. The SMILES string of the molecule is O=C(O)CCCC(=O)Nc1scc(-c2ccccc2)c1C(=O)NC1CC1. The van der Waals surface area contributed by atoms with Gasteiger partial charge in [-0.1, -0.05) is 30.3 Å². The number of aliphatic carboxylic acids is 1. The smallest absolute Gasteiger partial charge is 0.303 e. The summed E-state index contributed by atoms with van der Waals surface area (Å²) in [6, 6.07) is 9.78. The first-order chi connectivity index (χ1) is 12.5. The van der Waals surface area contributed by atoms with E-state index in [1.165, 1.54) is 11.3 Å². The molecule has 1 saturated carbocycles. The van der Waals surface area contributed by atoms with Crippen molar-refractivity contribution in [3.8, 4) is 11.1 Å². The Kier molecular flexibility index (Phi) is 5.68. The minimum absolute atomic E-state index is 0.0534. The van der Waals surface area contributed by atoms with Crippen molar-refractivity contribution in [1.29, 1.82) is 0 Å². The highest BCUT2D eigenvalue weighted by Crippen LogP contribution is 2.36. The van der Waals surface area contributed by atoms with Crippen LogP contribution in [-0.2, 0) is 9.59 Å². The number of rotatable bonds is 8. The summed E-state index contributed by atoms with van der Waals surface area (Å²) >= 11 is 1.31. The zero-order valence-corrected chi connectivity index (χ0v) is 15.0. The Hall–Kier alpha value is -2.67. The summed E-state index contributed by atoms with van der Waals surface area (Å²) in [6.45, 7) is 0. The van der Waals surface area contributed by atoms with Gasteiger partial charge in [0.2, 0.25) is 5.91 Å². The van der Waals surface area contributed by atoms with Crippen molar-refractivity contribution in [3.05, 3.63) is 41.3 Å². The minimum Gasteiger partial charge on any atom is -0.481 e. The van der Waals surface area contributed by atoms with Crippen molar-refractivity contribution < 1.29 is 19.5 Å². The Morgan fingerprint density at radius 3 is 2.50 bits per heavy atom. The van der Waals surface area contributed by atoms with Crippen molar-refractivity contribution in [3.63, 3.8) is 0 Å². The molecule has 26 heavy (non-hydrogen) atoms. The van der Waals surface area contributed by atoms with E-state index in [4.69, 9.17) is 5.11 Å². The Balaban J connectivity index is 1.80. The van der Waals surface area contributed by atoms with Gasteiger partial charge in [0.1, 0.15) is 5.00 Å². The molecule has 0 bridgehead atoms. The normalized spacial score (nSPS) is 13.2. The van der Waals surface area contributed by atoms with Crippen LogP contribution in [-0.4, -0.2) is 28.9 Å². The van der Waals surface area contributed by atoms with Gasteiger partial charge < -0.3 is 15.7 Å². The van der Waals surface area contributed by atoms with Crippen LogP contribution in [0.1, 0.15) is 42.5 Å². The topological polar surface area (TPSA) is 95.5 Å².